The van der Waals surface area contributed by atoms with E-state index in [0.717, 1.165) is 12.1 Å². The molecule has 0 aliphatic carbocycles. The Morgan fingerprint density at radius 2 is 1.76 bits per heavy atom. The van der Waals surface area contributed by atoms with Crippen LogP contribution in [0.2, 0.25) is 5.02 Å². The summed E-state index contributed by atoms with van der Waals surface area (Å²) in [7, 11) is 3.24. The molecular formula is C21H20ClF3N4O4. The molecule has 0 radical (unpaired) electrons. The topological polar surface area (TPSA) is 78.6 Å². The van der Waals surface area contributed by atoms with E-state index in [1.165, 1.54) is 24.0 Å². The van der Waals surface area contributed by atoms with E-state index < -0.39 is 29.8 Å². The van der Waals surface area contributed by atoms with Gasteiger partial charge in [-0.3, -0.25) is 4.79 Å². The highest BCUT2D eigenvalue weighted by Gasteiger charge is 2.22. The first kappa shape index (κ1) is 24.2. The highest BCUT2D eigenvalue weighted by Crippen LogP contribution is 2.33. The van der Waals surface area contributed by atoms with Crippen LogP contribution in [0.5, 0.6) is 17.2 Å². The zero-order chi connectivity index (χ0) is 24.4. The Labute approximate surface area is 191 Å². The molecule has 1 unspecified atom stereocenters. The number of carbonyl (C=O) groups excluding carboxylic acids is 1. The molecular weight excluding hydrogens is 465 g/mol. The molecule has 176 valence electrons. The second kappa shape index (κ2) is 9.57. The Kier molecular flexibility index (Phi) is 7.01. The summed E-state index contributed by atoms with van der Waals surface area (Å²) in [5.74, 6) is -0.777. The molecule has 0 fully saturated rings. The Bertz CT molecular complexity index is 1230. The van der Waals surface area contributed by atoms with Crippen LogP contribution in [0.3, 0.4) is 0 Å². The number of carbonyl (C=O) groups is 1. The molecule has 12 heteroatoms. The van der Waals surface area contributed by atoms with Gasteiger partial charge in [0.2, 0.25) is 0 Å². The van der Waals surface area contributed by atoms with Crippen molar-refractivity contribution in [3.8, 4) is 22.9 Å². The van der Waals surface area contributed by atoms with Gasteiger partial charge in [-0.2, -0.15) is 13.5 Å². The SMILES string of the molecule is Cc1nn(-c2cc(Oc3ccc(OC(C)C(=O)N(C)C)cc3)c(Cl)cc2F)c(=O)n1C(F)F. The third-order valence-electron chi connectivity index (χ3n) is 4.56. The van der Waals surface area contributed by atoms with Crippen LogP contribution >= 0.6 is 11.6 Å². The lowest BCUT2D eigenvalue weighted by molar-refractivity contribution is -0.135. The number of amides is 1. The lowest BCUT2D eigenvalue weighted by atomic mass is 10.2. The van der Waals surface area contributed by atoms with Gasteiger partial charge in [0.05, 0.1) is 5.02 Å². The summed E-state index contributed by atoms with van der Waals surface area (Å²) in [6.45, 7) is -0.314. The van der Waals surface area contributed by atoms with Crippen LogP contribution in [-0.4, -0.2) is 45.4 Å². The lowest BCUT2D eigenvalue weighted by Gasteiger charge is -2.18. The molecule has 33 heavy (non-hydrogen) atoms. The molecule has 1 amide bonds. The van der Waals surface area contributed by atoms with E-state index in [4.69, 9.17) is 21.1 Å². The number of halogens is 4. The van der Waals surface area contributed by atoms with E-state index in [2.05, 4.69) is 5.10 Å². The third kappa shape index (κ3) is 5.14. The molecule has 0 saturated heterocycles. The van der Waals surface area contributed by atoms with Gasteiger partial charge in [0.1, 0.15) is 28.8 Å². The second-order valence-corrected chi connectivity index (χ2v) is 7.60. The highest BCUT2D eigenvalue weighted by molar-refractivity contribution is 6.32. The van der Waals surface area contributed by atoms with E-state index in [1.807, 2.05) is 0 Å². The van der Waals surface area contributed by atoms with Crippen LogP contribution in [-0.2, 0) is 4.79 Å². The van der Waals surface area contributed by atoms with Crippen molar-refractivity contribution in [2.45, 2.75) is 26.5 Å². The fourth-order valence-electron chi connectivity index (χ4n) is 2.95. The number of benzene rings is 2. The number of aromatic nitrogens is 3. The van der Waals surface area contributed by atoms with Crippen molar-refractivity contribution in [2.75, 3.05) is 14.1 Å². The van der Waals surface area contributed by atoms with E-state index in [1.54, 1.807) is 33.2 Å². The molecule has 0 N–H and O–H groups in total. The van der Waals surface area contributed by atoms with Crippen molar-refractivity contribution in [3.05, 3.63) is 63.5 Å². The Morgan fingerprint density at radius 3 is 2.30 bits per heavy atom. The van der Waals surface area contributed by atoms with Crippen LogP contribution in [0.25, 0.3) is 5.69 Å². The summed E-state index contributed by atoms with van der Waals surface area (Å²) in [5.41, 5.74) is -1.62. The van der Waals surface area contributed by atoms with Crippen molar-refractivity contribution in [1.82, 2.24) is 19.2 Å². The van der Waals surface area contributed by atoms with Crippen LogP contribution in [0.1, 0.15) is 19.3 Å². The molecule has 3 aromatic rings. The summed E-state index contributed by atoms with van der Waals surface area (Å²) in [5, 5.41) is 3.60. The summed E-state index contributed by atoms with van der Waals surface area (Å²) in [6.07, 6.45) is -0.698. The van der Waals surface area contributed by atoms with Crippen LogP contribution in [0.4, 0.5) is 13.2 Å². The Hall–Kier alpha value is -3.47. The van der Waals surface area contributed by atoms with Crippen molar-refractivity contribution in [2.24, 2.45) is 0 Å². The van der Waals surface area contributed by atoms with E-state index in [9.17, 15) is 22.8 Å². The third-order valence-corrected chi connectivity index (χ3v) is 4.85. The van der Waals surface area contributed by atoms with Crippen molar-refractivity contribution < 1.29 is 27.4 Å². The molecule has 0 saturated carbocycles. The fourth-order valence-corrected chi connectivity index (χ4v) is 3.14. The normalized spacial score (nSPS) is 12.0. The maximum absolute atomic E-state index is 14.5. The van der Waals surface area contributed by atoms with Crippen molar-refractivity contribution in [1.29, 1.82) is 0 Å². The van der Waals surface area contributed by atoms with Crippen molar-refractivity contribution >= 4 is 17.5 Å². The van der Waals surface area contributed by atoms with Gasteiger partial charge in [-0.15, -0.1) is 5.10 Å². The lowest BCUT2D eigenvalue weighted by Crippen LogP contribution is -2.35. The number of alkyl halides is 2. The average molecular weight is 485 g/mol. The molecule has 1 aromatic heterocycles. The minimum absolute atomic E-state index is 0.0333. The fraction of sp³-hybridized carbons (Fsp3) is 0.286. The molecule has 3 rings (SSSR count). The monoisotopic (exact) mass is 484 g/mol. The summed E-state index contributed by atoms with van der Waals surface area (Å²) < 4.78 is 52.5. The smallest absolute Gasteiger partial charge is 0.355 e. The van der Waals surface area contributed by atoms with Crippen molar-refractivity contribution in [3.63, 3.8) is 0 Å². The van der Waals surface area contributed by atoms with E-state index in [-0.39, 0.29) is 32.8 Å². The Balaban J connectivity index is 1.86. The summed E-state index contributed by atoms with van der Waals surface area (Å²) >= 11 is 6.07. The number of hydrogen-bond acceptors (Lipinski definition) is 5. The van der Waals surface area contributed by atoms with Gasteiger partial charge in [0, 0.05) is 20.2 Å². The molecule has 2 aromatic carbocycles. The van der Waals surface area contributed by atoms with E-state index in [0.29, 0.717) is 10.4 Å². The van der Waals surface area contributed by atoms with Crippen LogP contribution in [0, 0.1) is 12.7 Å². The zero-order valence-corrected chi connectivity index (χ0v) is 18.8. The minimum Gasteiger partial charge on any atom is -0.481 e. The first-order valence-electron chi connectivity index (χ1n) is 9.61. The standard InChI is InChI=1S/C21H20ClF3N4O4/c1-11(19(30)27(3)4)32-13-5-7-14(8-6-13)33-18-10-17(16(23)9-15(18)22)29-21(31)28(20(24)25)12(2)26-29/h5-11,20H,1-4H3. The maximum atomic E-state index is 14.5. The van der Waals surface area contributed by atoms with Crippen LogP contribution < -0.4 is 15.2 Å². The van der Waals surface area contributed by atoms with Gasteiger partial charge >= 0.3 is 12.2 Å². The number of hydrogen-bond donors (Lipinski definition) is 0. The number of aryl methyl sites for hydroxylation is 1. The van der Waals surface area contributed by atoms with Gasteiger partial charge in [-0.05, 0) is 44.2 Å². The van der Waals surface area contributed by atoms with Gasteiger partial charge in [0.25, 0.3) is 5.91 Å². The molecule has 0 bridgehead atoms. The highest BCUT2D eigenvalue weighted by atomic mass is 35.5. The van der Waals surface area contributed by atoms with Gasteiger partial charge in [-0.1, -0.05) is 11.6 Å². The number of ether oxygens (including phenoxy) is 2. The number of likely N-dealkylation sites (N-methyl/N-ethyl adjacent to an activating group) is 1. The molecule has 0 aliphatic heterocycles. The van der Waals surface area contributed by atoms with Gasteiger partial charge in [-0.25, -0.2) is 13.8 Å². The quantitative estimate of drug-likeness (QED) is 0.503. The predicted molar refractivity (Wildman–Crippen MR) is 114 cm³/mol. The minimum atomic E-state index is -3.13. The molecule has 0 aliphatic rings. The van der Waals surface area contributed by atoms with Crippen LogP contribution in [0.15, 0.2) is 41.2 Å². The molecule has 1 heterocycles. The Morgan fingerprint density at radius 1 is 1.15 bits per heavy atom. The number of rotatable bonds is 7. The predicted octanol–water partition coefficient (Wildman–Crippen LogP) is 4.18. The molecule has 0 spiro atoms. The molecule has 8 nitrogen and oxygen atoms in total. The largest absolute Gasteiger partial charge is 0.481 e. The summed E-state index contributed by atoms with van der Waals surface area (Å²) in [4.78, 5) is 25.6. The maximum Gasteiger partial charge on any atom is 0.355 e. The number of nitrogens with zero attached hydrogens (tertiary/aromatic N) is 4. The van der Waals surface area contributed by atoms with E-state index >= 15 is 0 Å². The van der Waals surface area contributed by atoms with Gasteiger partial charge < -0.3 is 14.4 Å². The zero-order valence-electron chi connectivity index (χ0n) is 18.1. The summed E-state index contributed by atoms with van der Waals surface area (Å²) in [6, 6.07) is 8.16. The van der Waals surface area contributed by atoms with Gasteiger partial charge in [0.15, 0.2) is 11.9 Å². The second-order valence-electron chi connectivity index (χ2n) is 7.19. The first-order chi connectivity index (χ1) is 15.5. The average Bonchev–Trinajstić information content (AvgIpc) is 3.04. The first-order valence-corrected chi connectivity index (χ1v) is 9.99. The molecule has 1 atom stereocenters.